The van der Waals surface area contributed by atoms with E-state index in [2.05, 4.69) is 10.6 Å². The van der Waals surface area contributed by atoms with E-state index in [0.29, 0.717) is 55.1 Å². The Kier molecular flexibility index (Phi) is 16.5. The van der Waals surface area contributed by atoms with Crippen LogP contribution < -0.4 is 10.6 Å². The molecule has 0 radical (unpaired) electrons. The molecular weight excluding hydrogens is 564 g/mol. The smallest absolute Gasteiger partial charge is 0.186 e. The third kappa shape index (κ3) is 10.7. The number of thioether (sulfide) groups is 2. The van der Waals surface area contributed by atoms with Crippen molar-refractivity contribution in [1.29, 1.82) is 0 Å². The topological polar surface area (TPSA) is 203 Å². The highest BCUT2D eigenvalue weighted by Gasteiger charge is 2.44. The van der Waals surface area contributed by atoms with Gasteiger partial charge in [-0.05, 0) is 30.8 Å². The van der Waals surface area contributed by atoms with Crippen LogP contribution >= 0.6 is 35.7 Å². The van der Waals surface area contributed by atoms with Crippen molar-refractivity contribution in [2.75, 3.05) is 57.3 Å². The molecule has 2 heterocycles. The fourth-order valence-electron chi connectivity index (χ4n) is 3.79. The molecule has 2 rings (SSSR count). The molecule has 0 amide bonds. The van der Waals surface area contributed by atoms with E-state index in [-0.39, 0.29) is 0 Å². The third-order valence-corrected chi connectivity index (χ3v) is 8.62. The molecule has 2 aliphatic rings. The monoisotopic (exact) mass is 606 g/mol. The second kappa shape index (κ2) is 18.4. The first kappa shape index (κ1) is 34.2. The minimum absolute atomic E-state index is 0.422. The Hall–Kier alpha value is -0.0500. The van der Waals surface area contributed by atoms with Gasteiger partial charge in [-0.3, -0.25) is 0 Å². The maximum absolute atomic E-state index is 10.1. The number of hydrogen-bond acceptors (Lipinski definition) is 14. The molecule has 0 unspecified atom stereocenters. The molecule has 2 saturated heterocycles. The number of thiocarbonyl (C=S) groups is 1. The van der Waals surface area contributed by atoms with Gasteiger partial charge in [0.25, 0.3) is 0 Å². The van der Waals surface area contributed by atoms with E-state index < -0.39 is 67.2 Å². The summed E-state index contributed by atoms with van der Waals surface area (Å²) in [6.45, 7) is 1.86. The molecule has 10 atom stereocenters. The van der Waals surface area contributed by atoms with Gasteiger partial charge in [0.1, 0.15) is 48.2 Å². The van der Waals surface area contributed by atoms with Gasteiger partial charge in [0.05, 0.1) is 12.7 Å². The fraction of sp³-hybridized carbons (Fsp3) is 0.955. The second-order valence-corrected chi connectivity index (χ2v) is 11.7. The van der Waals surface area contributed by atoms with Crippen LogP contribution in [0.3, 0.4) is 0 Å². The number of aliphatic hydroxyl groups excluding tert-OH is 7. The maximum Gasteiger partial charge on any atom is 0.186 e. The Morgan fingerprint density at radius 3 is 2.18 bits per heavy atom. The number of methoxy groups -OCH3 is 1. The van der Waals surface area contributed by atoms with E-state index in [1.165, 1.54) is 30.6 Å². The molecule has 0 aromatic rings. The zero-order valence-electron chi connectivity index (χ0n) is 21.3. The summed E-state index contributed by atoms with van der Waals surface area (Å²) in [5.74, 6) is 1.73. The van der Waals surface area contributed by atoms with Gasteiger partial charge >= 0.3 is 0 Å². The molecular formula is C22H42N2O11S3. The van der Waals surface area contributed by atoms with Crippen molar-refractivity contribution in [3.63, 3.8) is 0 Å². The van der Waals surface area contributed by atoms with Gasteiger partial charge < -0.3 is 65.3 Å². The Balaban J connectivity index is 1.42. The van der Waals surface area contributed by atoms with Crippen molar-refractivity contribution in [2.24, 2.45) is 0 Å². The molecule has 0 aromatic carbocycles. The summed E-state index contributed by atoms with van der Waals surface area (Å²) in [4.78, 5) is 0. The zero-order chi connectivity index (χ0) is 28.1. The van der Waals surface area contributed by atoms with Crippen LogP contribution in [0.25, 0.3) is 0 Å². The maximum atomic E-state index is 10.1. The summed E-state index contributed by atoms with van der Waals surface area (Å²) in [6.07, 6.45) is -8.82. The summed E-state index contributed by atoms with van der Waals surface area (Å²) in [5, 5.41) is 75.3. The molecule has 0 aliphatic carbocycles. The molecule has 16 heteroatoms. The first-order chi connectivity index (χ1) is 18.2. The van der Waals surface area contributed by atoms with Gasteiger partial charge in [0.2, 0.25) is 0 Å². The first-order valence-electron chi connectivity index (χ1n) is 12.5. The lowest BCUT2D eigenvalue weighted by Gasteiger charge is -2.39. The van der Waals surface area contributed by atoms with Crippen molar-refractivity contribution in [3.8, 4) is 0 Å². The van der Waals surface area contributed by atoms with E-state index in [4.69, 9.17) is 31.2 Å². The van der Waals surface area contributed by atoms with E-state index >= 15 is 0 Å². The molecule has 0 saturated carbocycles. The van der Waals surface area contributed by atoms with Crippen molar-refractivity contribution in [2.45, 2.75) is 73.4 Å². The summed E-state index contributed by atoms with van der Waals surface area (Å²) >= 11 is 8.06. The zero-order valence-corrected chi connectivity index (χ0v) is 23.8. The molecule has 2 fully saturated rings. The average molecular weight is 607 g/mol. The van der Waals surface area contributed by atoms with Gasteiger partial charge in [-0.2, -0.15) is 11.8 Å². The summed E-state index contributed by atoms with van der Waals surface area (Å²) < 4.78 is 21.5. The van der Waals surface area contributed by atoms with Gasteiger partial charge in [-0.25, -0.2) is 0 Å². The number of rotatable bonds is 16. The van der Waals surface area contributed by atoms with Gasteiger partial charge in [0, 0.05) is 44.9 Å². The molecule has 38 heavy (non-hydrogen) atoms. The molecule has 2 aliphatic heterocycles. The van der Waals surface area contributed by atoms with Crippen LogP contribution in [0.4, 0.5) is 0 Å². The van der Waals surface area contributed by atoms with Crippen LogP contribution in [-0.4, -0.2) is 159 Å². The predicted molar refractivity (Wildman–Crippen MR) is 146 cm³/mol. The minimum Gasteiger partial charge on any atom is -0.394 e. The quantitative estimate of drug-likeness (QED) is 0.0633. The third-order valence-electron chi connectivity index (χ3n) is 6.03. The van der Waals surface area contributed by atoms with Crippen molar-refractivity contribution in [3.05, 3.63) is 0 Å². The van der Waals surface area contributed by atoms with Gasteiger partial charge in [0.15, 0.2) is 11.4 Å². The predicted octanol–water partition coefficient (Wildman–Crippen LogP) is -3.03. The van der Waals surface area contributed by atoms with Crippen molar-refractivity contribution < 1.29 is 54.7 Å². The van der Waals surface area contributed by atoms with Crippen molar-refractivity contribution >= 4 is 40.9 Å². The lowest BCUT2D eigenvalue weighted by Crippen LogP contribution is -2.58. The number of aliphatic hydroxyl groups is 7. The molecule has 9 N–H and O–H groups in total. The van der Waals surface area contributed by atoms with Crippen LogP contribution in [0.5, 0.6) is 0 Å². The average Bonchev–Trinajstić information content (AvgIpc) is 2.91. The Morgan fingerprint density at radius 1 is 0.816 bits per heavy atom. The molecule has 0 spiro atoms. The summed E-state index contributed by atoms with van der Waals surface area (Å²) in [7, 11) is 1.36. The second-order valence-electron chi connectivity index (χ2n) is 8.90. The number of nitrogens with one attached hydrogen (secondary N) is 2. The molecule has 13 nitrogen and oxygen atoms in total. The van der Waals surface area contributed by atoms with Crippen molar-refractivity contribution in [1.82, 2.24) is 10.6 Å². The van der Waals surface area contributed by atoms with Gasteiger partial charge in [-0.15, -0.1) is 11.8 Å². The van der Waals surface area contributed by atoms with Crippen LogP contribution in [0.2, 0.25) is 0 Å². The Bertz CT molecular complexity index is 670. The van der Waals surface area contributed by atoms with Gasteiger partial charge in [-0.1, -0.05) is 0 Å². The van der Waals surface area contributed by atoms with Crippen LogP contribution in [0.1, 0.15) is 12.8 Å². The molecule has 0 bridgehead atoms. The Morgan fingerprint density at radius 2 is 1.47 bits per heavy atom. The highest BCUT2D eigenvalue weighted by atomic mass is 32.2. The van der Waals surface area contributed by atoms with Crippen LogP contribution in [0, 0.1) is 0 Å². The molecule has 224 valence electrons. The summed E-state index contributed by atoms with van der Waals surface area (Å²) in [6, 6.07) is 0. The highest BCUT2D eigenvalue weighted by Crippen LogP contribution is 2.29. The highest BCUT2D eigenvalue weighted by molar-refractivity contribution is 7.99. The Labute approximate surface area is 236 Å². The SMILES string of the molecule is CO[C@H]1O[C@H](CSCCNC(=S)NCCCOCCCS[C@H]2O[C@H](CO)[C@@H](O)[C@H](O)[C@@H]2O)[C@@H](O)[C@H](O)[C@H]1O. The largest absolute Gasteiger partial charge is 0.394 e. The van der Waals surface area contributed by atoms with E-state index in [9.17, 15) is 35.7 Å². The standard InChI is InChI=1S/C22H42N2O11S3/c1-32-20-18(30)16(28)15(27)13(34-20)11-37-9-5-24-22(36)23-4-2-6-33-7-3-8-38-21-19(31)17(29)14(26)12(10-25)35-21/h12-21,25-31H,2-11H2,1H3,(H2,23,24,36)/t12-,13-,14-,15-,16+,17+,18-,19+,20+,21-/m1/s1. The van der Waals surface area contributed by atoms with Crippen LogP contribution in [-0.2, 0) is 18.9 Å². The van der Waals surface area contributed by atoms with E-state index in [0.717, 1.165) is 6.42 Å². The minimum atomic E-state index is -1.36. The first-order valence-corrected chi connectivity index (χ1v) is 15.1. The molecule has 0 aromatic heterocycles. The van der Waals surface area contributed by atoms with Crippen LogP contribution in [0.15, 0.2) is 0 Å². The number of ether oxygens (including phenoxy) is 4. The normalized spacial score (nSPS) is 35.7. The lowest BCUT2D eigenvalue weighted by molar-refractivity contribution is -0.284. The fourth-order valence-corrected chi connectivity index (χ4v) is 6.01. The summed E-state index contributed by atoms with van der Waals surface area (Å²) in [5.41, 5.74) is -0.723. The van der Waals surface area contributed by atoms with E-state index in [1.807, 2.05) is 0 Å². The number of hydrogen-bond donors (Lipinski definition) is 9. The van der Waals surface area contributed by atoms with E-state index in [1.54, 1.807) is 0 Å². The lowest BCUT2D eigenvalue weighted by atomic mass is 10.00.